The third kappa shape index (κ3) is 9.86. The molecule has 1 saturated heterocycles. The van der Waals surface area contributed by atoms with Crippen LogP contribution in [0.15, 0.2) is 47.9 Å². The van der Waals surface area contributed by atoms with Gasteiger partial charge in [0.25, 0.3) is 0 Å². The molecule has 1 atom stereocenters. The highest BCUT2D eigenvalue weighted by Crippen LogP contribution is 2.29. The monoisotopic (exact) mass is 443 g/mol. The maximum atomic E-state index is 12.3. The molecule has 2 rings (SSSR count). The highest BCUT2D eigenvalue weighted by atomic mass is 19.4. The third-order valence-corrected chi connectivity index (χ3v) is 4.62. The Kier molecular flexibility index (Phi) is 11.1. The van der Waals surface area contributed by atoms with Crippen molar-refractivity contribution in [3.8, 4) is 0 Å². The van der Waals surface area contributed by atoms with Gasteiger partial charge in [-0.05, 0) is 42.7 Å². The van der Waals surface area contributed by atoms with Crippen LogP contribution in [0.1, 0.15) is 37.8 Å². The van der Waals surface area contributed by atoms with Gasteiger partial charge in [0.05, 0.1) is 24.0 Å². The van der Waals surface area contributed by atoms with Gasteiger partial charge in [-0.1, -0.05) is 19.1 Å². The molecule has 1 aromatic carbocycles. The maximum absolute atomic E-state index is 12.3. The van der Waals surface area contributed by atoms with E-state index >= 15 is 0 Å². The molecule has 1 unspecified atom stereocenters. The van der Waals surface area contributed by atoms with Crippen molar-refractivity contribution in [2.24, 2.45) is 11.6 Å². The summed E-state index contributed by atoms with van der Waals surface area (Å²) in [5.41, 5.74) is 9.59. The molecule has 0 aromatic heterocycles. The zero-order valence-corrected chi connectivity index (χ0v) is 18.1. The predicted molar refractivity (Wildman–Crippen MR) is 114 cm³/mol. The first-order valence-electron chi connectivity index (χ1n) is 9.93. The lowest BCUT2D eigenvalue weighted by Crippen LogP contribution is -2.20. The minimum absolute atomic E-state index is 0.0375. The number of hydrogen-bond donors (Lipinski definition) is 4. The van der Waals surface area contributed by atoms with Gasteiger partial charge in [-0.25, -0.2) is 0 Å². The summed E-state index contributed by atoms with van der Waals surface area (Å²) < 4.78 is 42.5. The fourth-order valence-corrected chi connectivity index (χ4v) is 2.65. The first-order chi connectivity index (χ1) is 14.6. The van der Waals surface area contributed by atoms with Gasteiger partial charge in [0.15, 0.2) is 0 Å². The van der Waals surface area contributed by atoms with Crippen LogP contribution >= 0.6 is 0 Å². The fourth-order valence-electron chi connectivity index (χ4n) is 2.65. The van der Waals surface area contributed by atoms with E-state index in [1.807, 2.05) is 6.92 Å². The number of carbonyl (C=O) groups is 1. The number of alkyl halides is 3. The topological polar surface area (TPSA) is 106 Å². The average Bonchev–Trinajstić information content (AvgIpc) is 3.24. The number of nitrogens with zero attached hydrogens (tertiary/aromatic N) is 1. The number of carbonyl (C=O) groups excluding carboxylic acids is 1. The van der Waals surface area contributed by atoms with E-state index in [-0.39, 0.29) is 12.0 Å². The summed E-state index contributed by atoms with van der Waals surface area (Å²) in [6.07, 6.45) is 0.795. The number of halogens is 3. The molecule has 1 aliphatic rings. The van der Waals surface area contributed by atoms with E-state index < -0.39 is 11.7 Å². The largest absolute Gasteiger partial charge is 0.416 e. The summed E-state index contributed by atoms with van der Waals surface area (Å²) >= 11 is 0. The molecule has 0 radical (unpaired) electrons. The second kappa shape index (κ2) is 13.0. The van der Waals surface area contributed by atoms with Crippen LogP contribution in [0.2, 0.25) is 0 Å². The number of allylic oxidation sites excluding steroid dienone is 1. The molecule has 0 aliphatic carbocycles. The highest BCUT2D eigenvalue weighted by molar-refractivity contribution is 5.74. The lowest BCUT2D eigenvalue weighted by molar-refractivity contribution is -0.137. The van der Waals surface area contributed by atoms with Crippen LogP contribution in [0.4, 0.5) is 13.2 Å². The molecule has 1 aromatic rings. The summed E-state index contributed by atoms with van der Waals surface area (Å²) in [7, 11) is 1.68. The molecule has 174 valence electrons. The third-order valence-electron chi connectivity index (χ3n) is 4.62. The standard InChI is InChI=1S/C12H14F3NO.C9H18N4O/c13-12(14,15)10-3-1-9(2-4-10)8-17-11-5-6-16-7-11;1-4-8(9(10)5-12-11)6-13(3)7(2)14/h1-4,11,16H,5-8H2;5-6,12H,4,10-11H2,1-3H3/b;8-6+,9-5-. The normalized spacial score (nSPS) is 17.1. The average molecular weight is 444 g/mol. The number of ether oxygens (including phenoxy) is 1. The number of benzene rings is 1. The summed E-state index contributed by atoms with van der Waals surface area (Å²) in [4.78, 5) is 12.4. The number of rotatable bonds is 7. The maximum Gasteiger partial charge on any atom is 0.416 e. The second-order valence-electron chi connectivity index (χ2n) is 7.02. The fraction of sp³-hybridized carbons (Fsp3) is 0.476. The molecule has 10 heteroatoms. The molecule has 0 bridgehead atoms. The van der Waals surface area contributed by atoms with Crippen molar-refractivity contribution < 1.29 is 22.7 Å². The summed E-state index contributed by atoms with van der Waals surface area (Å²) in [6.45, 7) is 5.57. The summed E-state index contributed by atoms with van der Waals surface area (Å²) in [5, 5.41) is 3.16. The number of hydrazine groups is 1. The lowest BCUT2D eigenvalue weighted by Gasteiger charge is -2.12. The van der Waals surface area contributed by atoms with Crippen LogP contribution in [0.5, 0.6) is 0 Å². The van der Waals surface area contributed by atoms with E-state index in [2.05, 4.69) is 10.7 Å². The van der Waals surface area contributed by atoms with Crippen molar-refractivity contribution in [2.45, 2.75) is 45.6 Å². The SMILES string of the molecule is CCC(=C\N(C)C(C)=O)/C(N)=C/NN.FC(F)(F)c1ccc(COC2CCNC2)cc1. The molecular weight excluding hydrogens is 411 g/mol. The van der Waals surface area contributed by atoms with Gasteiger partial charge in [0.1, 0.15) is 0 Å². The quantitative estimate of drug-likeness (QED) is 0.293. The minimum Gasteiger partial charge on any atom is -0.397 e. The van der Waals surface area contributed by atoms with Crippen LogP contribution < -0.4 is 22.3 Å². The van der Waals surface area contributed by atoms with Crippen LogP contribution in [-0.2, 0) is 22.3 Å². The Hall–Kier alpha value is -2.56. The van der Waals surface area contributed by atoms with Gasteiger partial charge in [-0.2, -0.15) is 13.2 Å². The predicted octanol–water partition coefficient (Wildman–Crippen LogP) is 2.61. The first-order valence-corrected chi connectivity index (χ1v) is 9.93. The molecular formula is C21H32F3N5O2. The molecule has 7 nitrogen and oxygen atoms in total. The summed E-state index contributed by atoms with van der Waals surface area (Å²) in [5.74, 6) is 5.06. The molecule has 1 fully saturated rings. The van der Waals surface area contributed by atoms with Gasteiger partial charge < -0.3 is 26.1 Å². The Morgan fingerprint density at radius 3 is 2.45 bits per heavy atom. The van der Waals surface area contributed by atoms with Crippen molar-refractivity contribution in [2.75, 3.05) is 20.1 Å². The van der Waals surface area contributed by atoms with Crippen molar-refractivity contribution in [1.29, 1.82) is 0 Å². The number of amides is 1. The van der Waals surface area contributed by atoms with Crippen molar-refractivity contribution in [3.63, 3.8) is 0 Å². The van der Waals surface area contributed by atoms with Gasteiger partial charge in [0.2, 0.25) is 5.91 Å². The number of nitrogens with one attached hydrogen (secondary N) is 2. The van der Waals surface area contributed by atoms with E-state index in [1.54, 1.807) is 13.2 Å². The Morgan fingerprint density at radius 2 is 2.00 bits per heavy atom. The zero-order chi connectivity index (χ0) is 23.4. The number of nitrogens with two attached hydrogens (primary N) is 2. The summed E-state index contributed by atoms with van der Waals surface area (Å²) in [6, 6.07) is 5.10. The van der Waals surface area contributed by atoms with Gasteiger partial charge in [-0.15, -0.1) is 0 Å². The highest BCUT2D eigenvalue weighted by Gasteiger charge is 2.29. The van der Waals surface area contributed by atoms with E-state index in [1.165, 1.54) is 30.2 Å². The molecule has 31 heavy (non-hydrogen) atoms. The van der Waals surface area contributed by atoms with Gasteiger partial charge in [-0.3, -0.25) is 10.6 Å². The van der Waals surface area contributed by atoms with Gasteiger partial charge in [0, 0.05) is 32.9 Å². The molecule has 1 heterocycles. The molecule has 0 saturated carbocycles. The molecule has 1 aliphatic heterocycles. The first kappa shape index (κ1) is 26.5. The Bertz CT molecular complexity index is 742. The number of hydrogen-bond acceptors (Lipinski definition) is 6. The Labute approximate surface area is 181 Å². The van der Waals surface area contributed by atoms with Crippen molar-refractivity contribution in [1.82, 2.24) is 15.6 Å². The molecule has 6 N–H and O–H groups in total. The zero-order valence-electron chi connectivity index (χ0n) is 18.1. The van der Waals surface area contributed by atoms with E-state index in [0.717, 1.165) is 49.2 Å². The van der Waals surface area contributed by atoms with Gasteiger partial charge >= 0.3 is 6.18 Å². The van der Waals surface area contributed by atoms with E-state index in [9.17, 15) is 18.0 Å². The Morgan fingerprint density at radius 1 is 1.35 bits per heavy atom. The van der Waals surface area contributed by atoms with Crippen molar-refractivity contribution >= 4 is 5.91 Å². The minimum atomic E-state index is -4.27. The van der Waals surface area contributed by atoms with E-state index in [0.29, 0.717) is 12.3 Å². The van der Waals surface area contributed by atoms with Crippen LogP contribution in [0, 0.1) is 0 Å². The lowest BCUT2D eigenvalue weighted by atomic mass is 10.1. The van der Waals surface area contributed by atoms with Crippen molar-refractivity contribution in [3.05, 3.63) is 59.1 Å². The van der Waals surface area contributed by atoms with Crippen LogP contribution in [-0.4, -0.2) is 37.0 Å². The van der Waals surface area contributed by atoms with Crippen LogP contribution in [0.25, 0.3) is 0 Å². The molecule has 0 spiro atoms. The van der Waals surface area contributed by atoms with Crippen LogP contribution in [0.3, 0.4) is 0 Å². The second-order valence-corrected chi connectivity index (χ2v) is 7.02. The smallest absolute Gasteiger partial charge is 0.397 e. The Balaban J connectivity index is 0.000000318. The van der Waals surface area contributed by atoms with E-state index in [4.69, 9.17) is 16.3 Å². The molecule has 1 amide bonds.